The highest BCUT2D eigenvalue weighted by molar-refractivity contribution is 7.11. The van der Waals surface area contributed by atoms with Crippen molar-refractivity contribution in [2.45, 2.75) is 26.9 Å². The number of aromatic nitrogens is 2. The van der Waals surface area contributed by atoms with Crippen LogP contribution in [-0.4, -0.2) is 23.0 Å². The molecule has 0 amide bonds. The summed E-state index contributed by atoms with van der Waals surface area (Å²) in [4.78, 5) is 15.2. The molecule has 102 valence electrons. The van der Waals surface area contributed by atoms with Crippen molar-refractivity contribution in [2.75, 3.05) is 7.05 Å². The van der Waals surface area contributed by atoms with Crippen LogP contribution in [0.25, 0.3) is 0 Å². The first kappa shape index (κ1) is 14.0. The lowest BCUT2D eigenvalue weighted by Crippen LogP contribution is -2.36. The molecule has 2 N–H and O–H groups in total. The molecule has 0 aliphatic carbocycles. The molecule has 0 unspecified atom stereocenters. The van der Waals surface area contributed by atoms with Crippen LogP contribution in [0, 0.1) is 13.8 Å². The maximum absolute atomic E-state index is 4.31. The molecule has 2 rings (SSSR count). The van der Waals surface area contributed by atoms with Gasteiger partial charge in [-0.25, -0.2) is 9.97 Å². The fraction of sp³-hybridized carbons (Fsp3) is 0.417. The van der Waals surface area contributed by atoms with Crippen molar-refractivity contribution in [3.8, 4) is 0 Å². The van der Waals surface area contributed by atoms with Gasteiger partial charge in [0.05, 0.1) is 13.1 Å². The van der Waals surface area contributed by atoms with Gasteiger partial charge in [0.15, 0.2) is 5.96 Å². The number of guanidine groups is 1. The van der Waals surface area contributed by atoms with Gasteiger partial charge in [0.25, 0.3) is 0 Å². The van der Waals surface area contributed by atoms with Crippen LogP contribution in [-0.2, 0) is 13.1 Å². The molecule has 2 heterocycles. The molecule has 0 aromatic carbocycles. The molecule has 0 spiro atoms. The first-order chi connectivity index (χ1) is 9.17. The van der Waals surface area contributed by atoms with Crippen molar-refractivity contribution in [2.24, 2.45) is 4.99 Å². The monoisotopic (exact) mass is 295 g/mol. The Kier molecular flexibility index (Phi) is 4.86. The van der Waals surface area contributed by atoms with E-state index in [0.29, 0.717) is 13.1 Å². The van der Waals surface area contributed by atoms with Gasteiger partial charge in [-0.1, -0.05) is 0 Å². The van der Waals surface area contributed by atoms with Crippen molar-refractivity contribution in [1.82, 2.24) is 20.6 Å². The molecule has 0 aliphatic heterocycles. The number of hydrogen-bond donors (Lipinski definition) is 2. The minimum Gasteiger partial charge on any atom is -0.350 e. The quantitative estimate of drug-likeness (QED) is 0.670. The zero-order chi connectivity index (χ0) is 13.7. The van der Waals surface area contributed by atoms with E-state index in [0.717, 1.165) is 16.0 Å². The van der Waals surface area contributed by atoms with Gasteiger partial charge in [0.2, 0.25) is 0 Å². The Morgan fingerprint density at radius 1 is 1.05 bits per heavy atom. The van der Waals surface area contributed by atoms with Crippen LogP contribution in [0.4, 0.5) is 0 Å². The summed E-state index contributed by atoms with van der Waals surface area (Å²) >= 11 is 3.38. The standard InChI is InChI=1S/C12H17N5S2/c1-8-4-14-10(18-8)6-16-12(13-3)17-7-11-15-5-9(2)19-11/h4-5H,6-7H2,1-3H3,(H2,13,16,17). The Morgan fingerprint density at radius 2 is 1.53 bits per heavy atom. The molecule has 0 fully saturated rings. The minimum atomic E-state index is 0.690. The molecule has 2 aromatic rings. The second kappa shape index (κ2) is 6.63. The summed E-state index contributed by atoms with van der Waals surface area (Å²) < 4.78 is 0. The van der Waals surface area contributed by atoms with Crippen LogP contribution in [0.3, 0.4) is 0 Å². The molecule has 0 aliphatic rings. The summed E-state index contributed by atoms with van der Waals surface area (Å²) in [6, 6.07) is 0. The Labute approximate surface area is 120 Å². The summed E-state index contributed by atoms with van der Waals surface area (Å²) in [6.45, 7) is 5.49. The second-order valence-electron chi connectivity index (χ2n) is 4.01. The maximum Gasteiger partial charge on any atom is 0.191 e. The number of nitrogens with one attached hydrogen (secondary N) is 2. The van der Waals surface area contributed by atoms with Crippen LogP contribution in [0.1, 0.15) is 19.8 Å². The second-order valence-corrected chi connectivity index (χ2v) is 6.65. The van der Waals surface area contributed by atoms with E-state index in [9.17, 15) is 0 Å². The molecule has 0 bridgehead atoms. The van der Waals surface area contributed by atoms with Crippen molar-refractivity contribution in [3.05, 3.63) is 32.2 Å². The maximum atomic E-state index is 4.31. The van der Waals surface area contributed by atoms with Gasteiger partial charge < -0.3 is 10.6 Å². The smallest absolute Gasteiger partial charge is 0.191 e. The predicted octanol–water partition coefficient (Wildman–Crippen LogP) is 2.08. The first-order valence-corrected chi connectivity index (χ1v) is 7.58. The number of aliphatic imine (C=N–C) groups is 1. The number of nitrogens with zero attached hydrogens (tertiary/aromatic N) is 3. The largest absolute Gasteiger partial charge is 0.350 e. The first-order valence-electron chi connectivity index (χ1n) is 5.94. The fourth-order valence-electron chi connectivity index (χ4n) is 1.51. The zero-order valence-electron chi connectivity index (χ0n) is 11.2. The van der Waals surface area contributed by atoms with E-state index in [2.05, 4.69) is 39.4 Å². The summed E-state index contributed by atoms with van der Waals surface area (Å²) in [7, 11) is 1.76. The van der Waals surface area contributed by atoms with Crippen molar-refractivity contribution in [1.29, 1.82) is 0 Å². The van der Waals surface area contributed by atoms with E-state index >= 15 is 0 Å². The Hall–Kier alpha value is -1.47. The minimum absolute atomic E-state index is 0.690. The van der Waals surface area contributed by atoms with E-state index in [4.69, 9.17) is 0 Å². The SMILES string of the molecule is CN=C(NCc1ncc(C)s1)NCc1ncc(C)s1. The lowest BCUT2D eigenvalue weighted by atomic mass is 10.6. The molecular formula is C12H17N5S2. The summed E-state index contributed by atoms with van der Waals surface area (Å²) in [5.74, 6) is 0.765. The summed E-state index contributed by atoms with van der Waals surface area (Å²) in [5, 5.41) is 8.60. The van der Waals surface area contributed by atoms with Gasteiger partial charge >= 0.3 is 0 Å². The third kappa shape index (κ3) is 4.29. The van der Waals surface area contributed by atoms with Crippen molar-refractivity contribution >= 4 is 28.6 Å². The molecule has 0 saturated carbocycles. The number of hydrogen-bond acceptors (Lipinski definition) is 5. The van der Waals surface area contributed by atoms with Crippen LogP contribution < -0.4 is 10.6 Å². The van der Waals surface area contributed by atoms with Gasteiger partial charge in [-0.05, 0) is 13.8 Å². The molecule has 19 heavy (non-hydrogen) atoms. The van der Waals surface area contributed by atoms with E-state index in [-0.39, 0.29) is 0 Å². The van der Waals surface area contributed by atoms with Crippen molar-refractivity contribution in [3.63, 3.8) is 0 Å². The highest BCUT2D eigenvalue weighted by Crippen LogP contribution is 2.11. The average Bonchev–Trinajstić information content (AvgIpc) is 2.99. The van der Waals surface area contributed by atoms with Crippen LogP contribution in [0.15, 0.2) is 17.4 Å². The molecular weight excluding hydrogens is 278 g/mol. The number of rotatable bonds is 4. The summed E-state index contributed by atoms with van der Waals surface area (Å²) in [6.07, 6.45) is 3.77. The number of thiazole rings is 2. The molecule has 7 heteroatoms. The third-order valence-corrected chi connectivity index (χ3v) is 4.20. The van der Waals surface area contributed by atoms with E-state index in [1.54, 1.807) is 29.7 Å². The normalized spacial score (nSPS) is 10.3. The van der Waals surface area contributed by atoms with Gasteiger partial charge in [-0.15, -0.1) is 22.7 Å². The van der Waals surface area contributed by atoms with Gasteiger partial charge in [0, 0.05) is 29.2 Å². The molecule has 2 aromatic heterocycles. The molecule has 0 saturated heterocycles. The molecule has 0 atom stereocenters. The zero-order valence-corrected chi connectivity index (χ0v) is 12.9. The Morgan fingerprint density at radius 3 is 1.84 bits per heavy atom. The Bertz CT molecular complexity index is 512. The summed E-state index contributed by atoms with van der Waals surface area (Å²) in [5.41, 5.74) is 0. The topological polar surface area (TPSA) is 62.2 Å². The third-order valence-electron chi connectivity index (χ3n) is 2.38. The molecule has 5 nitrogen and oxygen atoms in total. The predicted molar refractivity (Wildman–Crippen MR) is 80.7 cm³/mol. The van der Waals surface area contributed by atoms with E-state index in [1.165, 1.54) is 9.75 Å². The highest BCUT2D eigenvalue weighted by Gasteiger charge is 2.03. The van der Waals surface area contributed by atoms with Gasteiger partial charge in [-0.2, -0.15) is 0 Å². The van der Waals surface area contributed by atoms with Crippen LogP contribution in [0.5, 0.6) is 0 Å². The Balaban J connectivity index is 1.80. The lowest BCUT2D eigenvalue weighted by Gasteiger charge is -2.09. The highest BCUT2D eigenvalue weighted by atomic mass is 32.1. The van der Waals surface area contributed by atoms with E-state index < -0.39 is 0 Å². The average molecular weight is 295 g/mol. The van der Waals surface area contributed by atoms with E-state index in [1.807, 2.05) is 12.4 Å². The molecule has 0 radical (unpaired) electrons. The fourth-order valence-corrected chi connectivity index (χ4v) is 2.96. The number of aryl methyl sites for hydroxylation is 2. The van der Waals surface area contributed by atoms with Gasteiger partial charge in [0.1, 0.15) is 10.0 Å². The van der Waals surface area contributed by atoms with Gasteiger partial charge in [-0.3, -0.25) is 4.99 Å². The lowest BCUT2D eigenvalue weighted by molar-refractivity contribution is 0.801. The van der Waals surface area contributed by atoms with Crippen LogP contribution >= 0.6 is 22.7 Å². The van der Waals surface area contributed by atoms with Crippen molar-refractivity contribution < 1.29 is 0 Å². The van der Waals surface area contributed by atoms with Crippen LogP contribution in [0.2, 0.25) is 0 Å².